The second-order valence-electron chi connectivity index (χ2n) is 2.40. The fourth-order valence-electron chi connectivity index (χ4n) is 0.831. The lowest BCUT2D eigenvalue weighted by Gasteiger charge is -2.08. The van der Waals surface area contributed by atoms with Crippen LogP contribution in [0.25, 0.3) is 0 Å². The molecule has 2 nitrogen and oxygen atoms in total. The molecule has 1 rings (SSSR count). The summed E-state index contributed by atoms with van der Waals surface area (Å²) in [5.74, 6) is 0. The molecule has 0 aliphatic heterocycles. The first kappa shape index (κ1) is 11.3. The molecular formula is C7H4ClF3NOP. The van der Waals surface area contributed by atoms with Gasteiger partial charge in [-0.3, -0.25) is 0 Å². The fourth-order valence-corrected chi connectivity index (χ4v) is 1.42. The molecule has 7 heteroatoms. The molecule has 1 N–H and O–H groups in total. The highest BCUT2D eigenvalue weighted by Gasteiger charge is 2.30. The Hall–Kier alpha value is -0.800. The summed E-state index contributed by atoms with van der Waals surface area (Å²) in [6.07, 6.45) is -4.42. The van der Waals surface area contributed by atoms with Crippen molar-refractivity contribution in [1.82, 2.24) is 0 Å². The molecule has 0 heterocycles. The normalized spacial score (nSPS) is 11.7. The summed E-state index contributed by atoms with van der Waals surface area (Å²) < 4.78 is 46.5. The van der Waals surface area contributed by atoms with Gasteiger partial charge in [0.15, 0.2) is 0 Å². The van der Waals surface area contributed by atoms with Gasteiger partial charge in [0.2, 0.25) is 0 Å². The first-order valence-electron chi connectivity index (χ1n) is 3.40. The van der Waals surface area contributed by atoms with E-state index in [2.05, 4.69) is 5.09 Å². The number of alkyl halides is 3. The van der Waals surface area contributed by atoms with E-state index in [0.717, 1.165) is 18.2 Å². The third-order valence-electron chi connectivity index (χ3n) is 1.46. The van der Waals surface area contributed by atoms with E-state index in [-0.39, 0.29) is 10.7 Å². The van der Waals surface area contributed by atoms with Gasteiger partial charge in [0.25, 0.3) is 8.61 Å². The predicted octanol–water partition coefficient (Wildman–Crippen LogP) is 3.98. The highest BCUT2D eigenvalue weighted by molar-refractivity contribution is 7.25. The van der Waals surface area contributed by atoms with Crippen LogP contribution in [0.15, 0.2) is 18.2 Å². The molecule has 0 aliphatic rings. The second-order valence-corrected chi connectivity index (χ2v) is 3.21. The number of anilines is 1. The Bertz CT molecular complexity index is 355. The largest absolute Gasteiger partial charge is 0.416 e. The summed E-state index contributed by atoms with van der Waals surface area (Å²) in [7, 11) is -0.417. The van der Waals surface area contributed by atoms with Gasteiger partial charge in [0.05, 0.1) is 16.3 Å². The summed E-state index contributed by atoms with van der Waals surface area (Å²) in [6, 6.07) is 2.75. The fraction of sp³-hybridized carbons (Fsp3) is 0.143. The molecule has 0 unspecified atom stereocenters. The average molecular weight is 242 g/mol. The maximum Gasteiger partial charge on any atom is 0.416 e. The van der Waals surface area contributed by atoms with Gasteiger partial charge in [-0.1, -0.05) is 11.6 Å². The maximum atomic E-state index is 12.1. The Morgan fingerprint density at radius 1 is 1.36 bits per heavy atom. The Morgan fingerprint density at radius 3 is 2.43 bits per heavy atom. The van der Waals surface area contributed by atoms with E-state index >= 15 is 0 Å². The summed E-state index contributed by atoms with van der Waals surface area (Å²) in [5, 5.41) is 2.15. The zero-order chi connectivity index (χ0) is 10.8. The highest BCUT2D eigenvalue weighted by Crippen LogP contribution is 2.34. The van der Waals surface area contributed by atoms with Crippen LogP contribution in [-0.4, -0.2) is 0 Å². The van der Waals surface area contributed by atoms with Gasteiger partial charge in [-0.05, 0) is 18.2 Å². The van der Waals surface area contributed by atoms with Gasteiger partial charge in [-0.15, -0.1) is 0 Å². The van der Waals surface area contributed by atoms with Crippen LogP contribution in [0.1, 0.15) is 5.56 Å². The molecule has 76 valence electrons. The van der Waals surface area contributed by atoms with E-state index in [1.165, 1.54) is 0 Å². The summed E-state index contributed by atoms with van der Waals surface area (Å²) in [6.45, 7) is 0. The molecule has 0 spiro atoms. The van der Waals surface area contributed by atoms with Crippen molar-refractivity contribution in [1.29, 1.82) is 0 Å². The minimum Gasteiger partial charge on any atom is -0.304 e. The van der Waals surface area contributed by atoms with Crippen LogP contribution in [-0.2, 0) is 10.7 Å². The second kappa shape index (κ2) is 4.15. The van der Waals surface area contributed by atoms with Crippen molar-refractivity contribution in [2.45, 2.75) is 6.18 Å². The topological polar surface area (TPSA) is 29.1 Å². The Morgan fingerprint density at radius 2 is 2.00 bits per heavy atom. The number of hydrogen-bond acceptors (Lipinski definition) is 1. The first-order valence-corrected chi connectivity index (χ1v) is 4.59. The van der Waals surface area contributed by atoms with Crippen LogP contribution in [0.5, 0.6) is 0 Å². The van der Waals surface area contributed by atoms with E-state index < -0.39 is 20.4 Å². The lowest BCUT2D eigenvalue weighted by molar-refractivity contribution is -0.137. The molecule has 0 saturated heterocycles. The van der Waals surface area contributed by atoms with Gasteiger partial charge in [-0.2, -0.15) is 13.2 Å². The molecule has 1 aromatic rings. The minimum atomic E-state index is -4.42. The van der Waals surface area contributed by atoms with Crippen molar-refractivity contribution in [2.24, 2.45) is 0 Å². The number of halogens is 4. The van der Waals surface area contributed by atoms with Crippen molar-refractivity contribution in [3.63, 3.8) is 0 Å². The van der Waals surface area contributed by atoms with Gasteiger partial charge in [-0.25, -0.2) is 4.57 Å². The Labute approximate surface area is 84.3 Å². The number of nitrogens with one attached hydrogen (secondary N) is 1. The van der Waals surface area contributed by atoms with E-state index in [9.17, 15) is 17.7 Å². The van der Waals surface area contributed by atoms with Crippen LogP contribution in [0.3, 0.4) is 0 Å². The molecule has 0 amide bonds. The molecule has 0 aliphatic carbocycles. The number of hydrogen-bond donors (Lipinski definition) is 1. The standard InChI is InChI=1S/C7H4ClF3NOP/c8-5-3-4(7(9,10)11)1-2-6(5)12-14-13/h1-3H,(H,12,13). The molecule has 0 saturated carbocycles. The lowest BCUT2D eigenvalue weighted by atomic mass is 10.2. The van der Waals surface area contributed by atoms with Crippen LogP contribution in [0, 0.1) is 0 Å². The van der Waals surface area contributed by atoms with Crippen molar-refractivity contribution in [3.8, 4) is 0 Å². The SMILES string of the molecule is O=PNc1ccc(C(F)(F)F)cc1Cl. The van der Waals surface area contributed by atoms with Gasteiger partial charge in [0, 0.05) is 0 Å². The van der Waals surface area contributed by atoms with Crippen molar-refractivity contribution < 1.29 is 17.7 Å². The third kappa shape index (κ3) is 2.59. The highest BCUT2D eigenvalue weighted by atomic mass is 35.5. The van der Waals surface area contributed by atoms with E-state index in [4.69, 9.17) is 11.6 Å². The molecule has 0 radical (unpaired) electrons. The van der Waals surface area contributed by atoms with Crippen molar-refractivity contribution in [3.05, 3.63) is 28.8 Å². The van der Waals surface area contributed by atoms with Gasteiger partial charge >= 0.3 is 6.18 Å². The Balaban J connectivity index is 3.06. The summed E-state index contributed by atoms with van der Waals surface area (Å²) in [5.41, 5.74) is -0.646. The van der Waals surface area contributed by atoms with Crippen LogP contribution >= 0.6 is 20.2 Å². The zero-order valence-corrected chi connectivity index (χ0v) is 8.25. The minimum absolute atomic E-state index is 0.122. The summed E-state index contributed by atoms with van der Waals surface area (Å²) in [4.78, 5) is 0. The molecule has 0 aromatic heterocycles. The molecule has 1 aromatic carbocycles. The molecule has 0 fully saturated rings. The smallest absolute Gasteiger partial charge is 0.304 e. The molecule has 0 bridgehead atoms. The van der Waals surface area contributed by atoms with Crippen LogP contribution < -0.4 is 5.09 Å². The van der Waals surface area contributed by atoms with Crippen LogP contribution in [0.4, 0.5) is 18.9 Å². The van der Waals surface area contributed by atoms with E-state index in [1.54, 1.807) is 0 Å². The lowest BCUT2D eigenvalue weighted by Crippen LogP contribution is -2.04. The van der Waals surface area contributed by atoms with Crippen molar-refractivity contribution in [2.75, 3.05) is 5.09 Å². The molecular weight excluding hydrogens is 238 g/mol. The zero-order valence-electron chi connectivity index (χ0n) is 6.60. The molecule has 14 heavy (non-hydrogen) atoms. The van der Waals surface area contributed by atoms with Crippen molar-refractivity contribution >= 4 is 25.9 Å². The van der Waals surface area contributed by atoms with E-state index in [1.807, 2.05) is 0 Å². The van der Waals surface area contributed by atoms with Crippen LogP contribution in [0.2, 0.25) is 5.02 Å². The van der Waals surface area contributed by atoms with E-state index in [0.29, 0.717) is 0 Å². The quantitative estimate of drug-likeness (QED) is 0.794. The number of benzene rings is 1. The van der Waals surface area contributed by atoms with Gasteiger partial charge in [0.1, 0.15) is 0 Å². The monoisotopic (exact) mass is 241 g/mol. The average Bonchev–Trinajstić information content (AvgIpc) is 2.07. The first-order chi connectivity index (χ1) is 6.45. The predicted molar refractivity (Wildman–Crippen MR) is 47.7 cm³/mol. The van der Waals surface area contributed by atoms with Gasteiger partial charge < -0.3 is 5.09 Å². The molecule has 0 atom stereocenters. The number of rotatable bonds is 2. The summed E-state index contributed by atoms with van der Waals surface area (Å²) >= 11 is 5.51. The third-order valence-corrected chi connectivity index (χ3v) is 2.11. The maximum absolute atomic E-state index is 12.1. The Kier molecular flexibility index (Phi) is 3.34.